The molecule has 2 aromatic rings. The summed E-state index contributed by atoms with van der Waals surface area (Å²) in [6, 6.07) is 7.12. The number of amides is 1. The molecule has 0 atom stereocenters. The highest BCUT2D eigenvalue weighted by atomic mass is 32.1. The van der Waals surface area contributed by atoms with Crippen molar-refractivity contribution in [2.45, 2.75) is 6.92 Å². The van der Waals surface area contributed by atoms with Crippen LogP contribution in [0.15, 0.2) is 55.6 Å². The van der Waals surface area contributed by atoms with Gasteiger partial charge < -0.3 is 0 Å². The third kappa shape index (κ3) is 8.66. The van der Waals surface area contributed by atoms with Crippen molar-refractivity contribution in [3.8, 4) is 0 Å². The summed E-state index contributed by atoms with van der Waals surface area (Å²) in [7, 11) is 0. The Morgan fingerprint density at radius 2 is 1.60 bits per heavy atom. The Morgan fingerprint density at radius 1 is 1.20 bits per heavy atom. The summed E-state index contributed by atoms with van der Waals surface area (Å²) >= 11 is 4.03. The lowest BCUT2D eigenvalue weighted by Crippen LogP contribution is -2.29. The molecule has 0 unspecified atom stereocenters. The molecule has 0 bridgehead atoms. The second kappa shape index (κ2) is 11.7. The fraction of sp³-hybridized carbons (Fsp3) is 0.0714. The van der Waals surface area contributed by atoms with Crippen LogP contribution >= 0.6 is 12.2 Å². The first-order valence-corrected chi connectivity index (χ1v) is 5.98. The summed E-state index contributed by atoms with van der Waals surface area (Å²) in [5.74, 6) is 4.58. The van der Waals surface area contributed by atoms with Gasteiger partial charge >= 0.3 is 0 Å². The Morgan fingerprint density at radius 3 is 1.90 bits per heavy atom. The minimum atomic E-state index is -0.303. The number of hydrogen-bond acceptors (Lipinski definition) is 5. The predicted molar refractivity (Wildman–Crippen MR) is 83.1 cm³/mol. The van der Waals surface area contributed by atoms with E-state index in [9.17, 15) is 4.79 Å². The molecule has 104 valence electrons. The van der Waals surface area contributed by atoms with Crippen molar-refractivity contribution in [1.82, 2.24) is 15.4 Å². The maximum atomic E-state index is 10.7. The molecule has 3 N–H and O–H groups in total. The molecule has 5 nitrogen and oxygen atoms in total. The lowest BCUT2D eigenvalue weighted by atomic mass is 10.3. The van der Waals surface area contributed by atoms with E-state index in [0.717, 1.165) is 0 Å². The highest BCUT2D eigenvalue weighted by Gasteiger charge is 1.98. The van der Waals surface area contributed by atoms with Crippen LogP contribution in [0.3, 0.4) is 0 Å². The molecule has 2 aromatic heterocycles. The van der Waals surface area contributed by atoms with Crippen molar-refractivity contribution in [2.24, 2.45) is 5.84 Å². The Hall–Kier alpha value is -2.40. The monoisotopic (exact) mass is 288 g/mol. The van der Waals surface area contributed by atoms with Crippen LogP contribution in [-0.4, -0.2) is 20.9 Å². The number of nitrogens with one attached hydrogen (secondary N) is 1. The molecule has 0 spiro atoms. The summed E-state index contributed by atoms with van der Waals surface area (Å²) in [6.45, 7) is 5.09. The van der Waals surface area contributed by atoms with E-state index < -0.39 is 0 Å². The summed E-state index contributed by atoms with van der Waals surface area (Å²) < 4.78 is 0. The van der Waals surface area contributed by atoms with E-state index in [0.29, 0.717) is 5.56 Å². The molecule has 0 saturated heterocycles. The number of aromatic nitrogens is 2. The van der Waals surface area contributed by atoms with E-state index in [1.54, 1.807) is 24.5 Å². The van der Waals surface area contributed by atoms with Crippen molar-refractivity contribution in [3.05, 3.63) is 66.8 Å². The zero-order chi connectivity index (χ0) is 15.2. The van der Waals surface area contributed by atoms with E-state index in [4.69, 9.17) is 5.84 Å². The van der Waals surface area contributed by atoms with Crippen molar-refractivity contribution >= 4 is 23.1 Å². The molecule has 20 heavy (non-hydrogen) atoms. The van der Waals surface area contributed by atoms with Gasteiger partial charge in [-0.25, -0.2) is 5.84 Å². The largest absolute Gasteiger partial charge is 0.290 e. The Kier molecular flexibility index (Phi) is 10.3. The fourth-order valence-corrected chi connectivity index (χ4v) is 1.01. The van der Waals surface area contributed by atoms with Crippen molar-refractivity contribution in [2.75, 3.05) is 0 Å². The average Bonchev–Trinajstić information content (AvgIpc) is 2.49. The van der Waals surface area contributed by atoms with E-state index in [2.05, 4.69) is 33.8 Å². The Labute approximate surface area is 123 Å². The molecule has 6 heteroatoms. The summed E-state index contributed by atoms with van der Waals surface area (Å²) in [4.78, 5) is 18.3. The molecule has 0 fully saturated rings. The molecule has 0 aliphatic carbocycles. The van der Waals surface area contributed by atoms with Gasteiger partial charge in [-0.05, 0) is 55.5 Å². The SMILES string of the molecule is C=C=S.Cc1ccncc1.NNC(=O)c1ccncc1. The number of aryl methyl sites for hydroxylation is 1. The number of nitrogens with two attached hydrogens (primary N) is 1. The molecule has 0 aromatic carbocycles. The van der Waals surface area contributed by atoms with Crippen LogP contribution in [0.5, 0.6) is 0 Å². The van der Waals surface area contributed by atoms with Gasteiger partial charge in [-0.2, -0.15) is 0 Å². The van der Waals surface area contributed by atoms with Crippen LogP contribution in [0.25, 0.3) is 0 Å². The number of thiocarbonyl (C=S) groups is 1. The average molecular weight is 288 g/mol. The summed E-state index contributed by atoms with van der Waals surface area (Å²) in [5, 5.41) is 2.08. The Balaban J connectivity index is 0.000000315. The van der Waals surface area contributed by atoms with Gasteiger partial charge in [0.2, 0.25) is 0 Å². The number of hydrazine groups is 1. The van der Waals surface area contributed by atoms with E-state index >= 15 is 0 Å². The third-order valence-electron chi connectivity index (χ3n) is 1.92. The molecule has 1 amide bonds. The van der Waals surface area contributed by atoms with Gasteiger partial charge in [-0.15, -0.1) is 0 Å². The normalized spacial score (nSPS) is 7.90. The van der Waals surface area contributed by atoms with Crippen LogP contribution in [0.1, 0.15) is 15.9 Å². The van der Waals surface area contributed by atoms with E-state index in [1.807, 2.05) is 24.5 Å². The fourth-order valence-electron chi connectivity index (χ4n) is 1.01. The number of carbonyl (C=O) groups excluding carboxylic acids is 1. The van der Waals surface area contributed by atoms with Gasteiger partial charge in [0.1, 0.15) is 0 Å². The van der Waals surface area contributed by atoms with Crippen molar-refractivity contribution < 1.29 is 4.79 Å². The second-order valence-corrected chi connectivity index (χ2v) is 3.67. The van der Waals surface area contributed by atoms with Crippen LogP contribution in [0, 0.1) is 6.92 Å². The van der Waals surface area contributed by atoms with Crippen LogP contribution in [0.4, 0.5) is 0 Å². The zero-order valence-corrected chi connectivity index (χ0v) is 11.9. The number of nitrogens with zero attached hydrogens (tertiary/aromatic N) is 2. The molecule has 0 aliphatic rings. The molecule has 0 aliphatic heterocycles. The molecular weight excluding hydrogens is 272 g/mol. The zero-order valence-electron chi connectivity index (χ0n) is 11.1. The smallest absolute Gasteiger partial charge is 0.265 e. The maximum Gasteiger partial charge on any atom is 0.265 e. The van der Waals surface area contributed by atoms with Gasteiger partial charge in [-0.3, -0.25) is 20.2 Å². The van der Waals surface area contributed by atoms with Gasteiger partial charge in [0.15, 0.2) is 0 Å². The minimum Gasteiger partial charge on any atom is -0.290 e. The second-order valence-electron chi connectivity index (χ2n) is 3.38. The third-order valence-corrected chi connectivity index (χ3v) is 1.92. The number of pyridine rings is 2. The maximum absolute atomic E-state index is 10.7. The molecular formula is C14H16N4OS. The number of rotatable bonds is 1. The number of nitrogen functional groups attached to an aromatic ring is 1. The lowest BCUT2D eigenvalue weighted by Gasteiger charge is -1.95. The minimum absolute atomic E-state index is 0.303. The van der Waals surface area contributed by atoms with Gasteiger partial charge in [0.25, 0.3) is 5.91 Å². The lowest BCUT2D eigenvalue weighted by molar-refractivity contribution is 0.0953. The topological polar surface area (TPSA) is 80.9 Å². The van der Waals surface area contributed by atoms with Gasteiger partial charge in [0.05, 0.1) is 0 Å². The highest BCUT2D eigenvalue weighted by molar-refractivity contribution is 7.78. The first kappa shape index (κ1) is 17.6. The summed E-state index contributed by atoms with van der Waals surface area (Å²) in [6.07, 6.45) is 6.64. The standard InChI is InChI=1S/C6H7N3O.C6H7N.C2H2S/c7-9-6(10)5-1-3-8-4-2-5;1-6-2-4-7-5-3-6;1-2-3/h1-4H,7H2,(H,9,10);2-5H,1H3;1H2. The van der Waals surface area contributed by atoms with E-state index in [-0.39, 0.29) is 5.91 Å². The van der Waals surface area contributed by atoms with Crippen LogP contribution in [-0.2, 0) is 0 Å². The first-order chi connectivity index (χ1) is 9.65. The molecule has 2 heterocycles. The first-order valence-electron chi connectivity index (χ1n) is 5.57. The highest BCUT2D eigenvalue weighted by Crippen LogP contribution is 1.93. The number of carbonyl (C=O) groups is 1. The molecule has 2 rings (SSSR count). The quantitative estimate of drug-likeness (QED) is 0.362. The molecule has 0 saturated carbocycles. The van der Waals surface area contributed by atoms with Gasteiger partial charge in [-0.1, -0.05) is 5.02 Å². The van der Waals surface area contributed by atoms with Crippen molar-refractivity contribution in [1.29, 1.82) is 0 Å². The van der Waals surface area contributed by atoms with Gasteiger partial charge in [0, 0.05) is 30.4 Å². The van der Waals surface area contributed by atoms with Crippen LogP contribution < -0.4 is 11.3 Å². The Bertz CT molecular complexity index is 525. The van der Waals surface area contributed by atoms with Crippen LogP contribution in [0.2, 0.25) is 0 Å². The van der Waals surface area contributed by atoms with E-state index in [1.165, 1.54) is 18.0 Å². The molecule has 0 radical (unpaired) electrons. The van der Waals surface area contributed by atoms with Crippen molar-refractivity contribution in [3.63, 3.8) is 0 Å². The number of hydrogen-bond donors (Lipinski definition) is 2. The predicted octanol–water partition coefficient (Wildman–Crippen LogP) is 1.85. The summed E-state index contributed by atoms with van der Waals surface area (Å²) in [5.41, 5.74) is 3.79.